The van der Waals surface area contributed by atoms with Crippen LogP contribution in [0.1, 0.15) is 25.0 Å². The molecule has 0 aliphatic rings. The minimum Gasteiger partial charge on any atom is -0.468 e. The molecule has 0 aliphatic heterocycles. The van der Waals surface area contributed by atoms with E-state index in [1.54, 1.807) is 32.9 Å². The monoisotopic (exact) mass is 237 g/mol. The van der Waals surface area contributed by atoms with Crippen molar-refractivity contribution < 1.29 is 14.5 Å². The van der Waals surface area contributed by atoms with E-state index in [-0.39, 0.29) is 5.69 Å². The molecule has 0 aliphatic carbocycles. The zero-order valence-corrected chi connectivity index (χ0v) is 10.3. The Labute approximate surface area is 99.5 Å². The van der Waals surface area contributed by atoms with Gasteiger partial charge in [-0.25, -0.2) is 0 Å². The number of nitro benzene ring substituents is 1. The van der Waals surface area contributed by atoms with Crippen LogP contribution in [0.25, 0.3) is 0 Å². The van der Waals surface area contributed by atoms with Gasteiger partial charge in [0.2, 0.25) is 0 Å². The molecule has 0 fully saturated rings. The normalized spacial score (nSPS) is 11.1. The number of hydrogen-bond acceptors (Lipinski definition) is 4. The van der Waals surface area contributed by atoms with Crippen LogP contribution in [0.5, 0.6) is 0 Å². The minimum absolute atomic E-state index is 0.0134. The van der Waals surface area contributed by atoms with E-state index in [1.807, 2.05) is 0 Å². The second-order valence-corrected chi connectivity index (χ2v) is 4.32. The van der Waals surface area contributed by atoms with Crippen LogP contribution in [-0.2, 0) is 14.9 Å². The summed E-state index contributed by atoms with van der Waals surface area (Å²) in [6, 6.07) is 4.70. The molecule has 0 amide bonds. The van der Waals surface area contributed by atoms with Crippen LogP contribution in [0.2, 0.25) is 0 Å². The fraction of sp³-hybridized carbons (Fsp3) is 0.417. The summed E-state index contributed by atoms with van der Waals surface area (Å²) in [6.45, 7) is 5.01. The molecule has 0 unspecified atom stereocenters. The van der Waals surface area contributed by atoms with Gasteiger partial charge in [0.1, 0.15) is 0 Å². The highest BCUT2D eigenvalue weighted by Crippen LogP contribution is 2.32. The van der Waals surface area contributed by atoms with Crippen LogP contribution < -0.4 is 0 Å². The topological polar surface area (TPSA) is 69.4 Å². The molecule has 0 aromatic heterocycles. The summed E-state index contributed by atoms with van der Waals surface area (Å²) < 4.78 is 4.72. The summed E-state index contributed by atoms with van der Waals surface area (Å²) in [5.41, 5.74) is 0.219. The average molecular weight is 237 g/mol. The molecule has 17 heavy (non-hydrogen) atoms. The van der Waals surface area contributed by atoms with E-state index >= 15 is 0 Å². The number of benzene rings is 1. The average Bonchev–Trinajstić information content (AvgIpc) is 2.27. The smallest absolute Gasteiger partial charge is 0.315 e. The lowest BCUT2D eigenvalue weighted by atomic mass is 9.81. The van der Waals surface area contributed by atoms with E-state index in [2.05, 4.69) is 0 Å². The first-order chi connectivity index (χ1) is 7.82. The summed E-state index contributed by atoms with van der Waals surface area (Å²) >= 11 is 0. The maximum absolute atomic E-state index is 11.7. The highest BCUT2D eigenvalue weighted by Gasteiger charge is 2.34. The van der Waals surface area contributed by atoms with Crippen molar-refractivity contribution >= 4 is 11.7 Å². The number of methoxy groups -OCH3 is 1. The van der Waals surface area contributed by atoms with Crippen molar-refractivity contribution in [2.24, 2.45) is 0 Å². The molecule has 0 atom stereocenters. The fourth-order valence-corrected chi connectivity index (χ4v) is 1.86. The van der Waals surface area contributed by atoms with Crippen molar-refractivity contribution in [3.8, 4) is 0 Å². The van der Waals surface area contributed by atoms with E-state index < -0.39 is 16.3 Å². The molecular weight excluding hydrogens is 222 g/mol. The van der Waals surface area contributed by atoms with Gasteiger partial charge < -0.3 is 4.74 Å². The Morgan fingerprint density at radius 2 is 2.00 bits per heavy atom. The standard InChI is InChI=1S/C12H15NO4/c1-8-9(12(2,3)11(14)17-4)6-5-7-10(8)13(15)16/h5-7H,1-4H3. The quantitative estimate of drug-likeness (QED) is 0.459. The number of carbonyl (C=O) groups excluding carboxylic acids is 1. The van der Waals surface area contributed by atoms with Gasteiger partial charge in [0.15, 0.2) is 0 Å². The zero-order chi connectivity index (χ0) is 13.2. The molecule has 1 rings (SSSR count). The molecule has 1 aromatic carbocycles. The van der Waals surface area contributed by atoms with Crippen LogP contribution in [0.3, 0.4) is 0 Å². The Morgan fingerprint density at radius 3 is 2.47 bits per heavy atom. The number of ether oxygens (including phenoxy) is 1. The fourth-order valence-electron chi connectivity index (χ4n) is 1.86. The first kappa shape index (κ1) is 13.2. The number of carbonyl (C=O) groups is 1. The molecule has 0 N–H and O–H groups in total. The van der Waals surface area contributed by atoms with Crippen LogP contribution in [0, 0.1) is 17.0 Å². The van der Waals surface area contributed by atoms with Crippen molar-refractivity contribution in [1.82, 2.24) is 0 Å². The van der Waals surface area contributed by atoms with Gasteiger partial charge in [0.05, 0.1) is 17.4 Å². The van der Waals surface area contributed by atoms with Crippen molar-refractivity contribution in [1.29, 1.82) is 0 Å². The van der Waals surface area contributed by atoms with Gasteiger partial charge in [-0.2, -0.15) is 0 Å². The largest absolute Gasteiger partial charge is 0.468 e. The van der Waals surface area contributed by atoms with E-state index in [4.69, 9.17) is 4.74 Å². The molecule has 5 nitrogen and oxygen atoms in total. The Kier molecular flexibility index (Phi) is 3.50. The first-order valence-corrected chi connectivity index (χ1v) is 5.15. The van der Waals surface area contributed by atoms with Gasteiger partial charge in [-0.05, 0) is 26.3 Å². The Bertz CT molecular complexity index is 466. The van der Waals surface area contributed by atoms with Crippen LogP contribution in [-0.4, -0.2) is 18.0 Å². The van der Waals surface area contributed by atoms with Crippen LogP contribution in [0.15, 0.2) is 18.2 Å². The maximum atomic E-state index is 11.7. The lowest BCUT2D eigenvalue weighted by Crippen LogP contribution is -2.31. The van der Waals surface area contributed by atoms with Gasteiger partial charge in [-0.15, -0.1) is 0 Å². The zero-order valence-electron chi connectivity index (χ0n) is 10.3. The second kappa shape index (κ2) is 4.53. The molecule has 0 saturated carbocycles. The van der Waals surface area contributed by atoms with E-state index in [0.29, 0.717) is 11.1 Å². The third-order valence-corrected chi connectivity index (χ3v) is 2.87. The highest BCUT2D eigenvalue weighted by atomic mass is 16.6. The van der Waals surface area contributed by atoms with Gasteiger partial charge in [-0.1, -0.05) is 12.1 Å². The molecule has 0 radical (unpaired) electrons. The maximum Gasteiger partial charge on any atom is 0.315 e. The van der Waals surface area contributed by atoms with Crippen molar-refractivity contribution in [2.45, 2.75) is 26.2 Å². The van der Waals surface area contributed by atoms with Gasteiger partial charge >= 0.3 is 5.97 Å². The summed E-state index contributed by atoms with van der Waals surface area (Å²) in [7, 11) is 1.30. The molecule has 0 saturated heterocycles. The van der Waals surface area contributed by atoms with Gasteiger partial charge in [0.25, 0.3) is 5.69 Å². The third-order valence-electron chi connectivity index (χ3n) is 2.87. The minimum atomic E-state index is -0.898. The lowest BCUT2D eigenvalue weighted by Gasteiger charge is -2.23. The van der Waals surface area contributed by atoms with Crippen molar-refractivity contribution in [3.05, 3.63) is 39.4 Å². The number of esters is 1. The van der Waals surface area contributed by atoms with E-state index in [1.165, 1.54) is 13.2 Å². The molecule has 1 aromatic rings. The Hall–Kier alpha value is -1.91. The van der Waals surface area contributed by atoms with Gasteiger partial charge in [0, 0.05) is 11.6 Å². The van der Waals surface area contributed by atoms with E-state index in [0.717, 1.165) is 0 Å². The van der Waals surface area contributed by atoms with E-state index in [9.17, 15) is 14.9 Å². The summed E-state index contributed by atoms with van der Waals surface area (Å²) in [5.74, 6) is -0.416. The lowest BCUT2D eigenvalue weighted by molar-refractivity contribution is -0.385. The van der Waals surface area contributed by atoms with Crippen molar-refractivity contribution in [2.75, 3.05) is 7.11 Å². The van der Waals surface area contributed by atoms with Crippen molar-refractivity contribution in [3.63, 3.8) is 0 Å². The molecule has 0 spiro atoms. The number of nitrogens with zero attached hydrogens (tertiary/aromatic N) is 1. The first-order valence-electron chi connectivity index (χ1n) is 5.15. The summed E-state index contributed by atoms with van der Waals surface area (Å²) in [4.78, 5) is 22.1. The second-order valence-electron chi connectivity index (χ2n) is 4.32. The number of nitro groups is 1. The Balaban J connectivity index is 3.37. The predicted octanol–water partition coefficient (Wildman–Crippen LogP) is 2.35. The number of hydrogen-bond donors (Lipinski definition) is 0. The molecule has 0 heterocycles. The van der Waals surface area contributed by atoms with Crippen LogP contribution in [0.4, 0.5) is 5.69 Å². The molecule has 5 heteroatoms. The summed E-state index contributed by atoms with van der Waals surface area (Å²) in [6.07, 6.45) is 0. The Morgan fingerprint density at radius 1 is 1.41 bits per heavy atom. The molecule has 92 valence electrons. The third kappa shape index (κ3) is 2.27. The molecular formula is C12H15NO4. The summed E-state index contributed by atoms with van der Waals surface area (Å²) in [5, 5.41) is 10.8. The molecule has 0 bridgehead atoms. The highest BCUT2D eigenvalue weighted by molar-refractivity contribution is 5.83. The predicted molar refractivity (Wildman–Crippen MR) is 62.9 cm³/mol. The SMILES string of the molecule is COC(=O)C(C)(C)c1cccc([N+](=O)[O-])c1C. The number of rotatable bonds is 3. The van der Waals surface area contributed by atoms with Crippen LogP contribution >= 0.6 is 0 Å². The van der Waals surface area contributed by atoms with Gasteiger partial charge in [-0.3, -0.25) is 14.9 Å².